The molecule has 0 spiro atoms. The van der Waals surface area contributed by atoms with Gasteiger partial charge in [0.25, 0.3) is 0 Å². The minimum atomic E-state index is 0.211. The third kappa shape index (κ3) is 2.95. The summed E-state index contributed by atoms with van der Waals surface area (Å²) in [7, 11) is 0. The summed E-state index contributed by atoms with van der Waals surface area (Å²) in [5.74, 6) is 0. The van der Waals surface area contributed by atoms with Crippen LogP contribution in [0.4, 0.5) is 0 Å². The predicted octanol–water partition coefficient (Wildman–Crippen LogP) is 2.29. The molecule has 3 N–H and O–H groups in total. The molecule has 2 aromatic rings. The first kappa shape index (κ1) is 11.4. The van der Waals surface area contributed by atoms with Crippen LogP contribution in [0.25, 0.3) is 0 Å². The number of hydrogen-bond donors (Lipinski definition) is 3. The SMILES string of the molecule is OCCC(NCc1cc[nH]c1)c1cccs1. The molecule has 0 fully saturated rings. The summed E-state index contributed by atoms with van der Waals surface area (Å²) in [6.07, 6.45) is 4.66. The van der Waals surface area contributed by atoms with Crippen LogP contribution in [0.5, 0.6) is 0 Å². The van der Waals surface area contributed by atoms with Crippen molar-refractivity contribution in [3.63, 3.8) is 0 Å². The molecule has 0 radical (unpaired) electrons. The molecule has 1 unspecified atom stereocenters. The number of aliphatic hydroxyl groups excluding tert-OH is 1. The molecule has 16 heavy (non-hydrogen) atoms. The summed E-state index contributed by atoms with van der Waals surface area (Å²) in [5, 5.41) is 14.6. The minimum Gasteiger partial charge on any atom is -0.396 e. The van der Waals surface area contributed by atoms with Crippen molar-refractivity contribution in [1.82, 2.24) is 10.3 Å². The van der Waals surface area contributed by atoms with Crippen LogP contribution in [-0.4, -0.2) is 16.7 Å². The zero-order valence-electron chi connectivity index (χ0n) is 9.02. The van der Waals surface area contributed by atoms with Crippen LogP contribution >= 0.6 is 11.3 Å². The summed E-state index contributed by atoms with van der Waals surface area (Å²) in [4.78, 5) is 4.32. The van der Waals surface area contributed by atoms with Gasteiger partial charge >= 0.3 is 0 Å². The maximum absolute atomic E-state index is 9.05. The standard InChI is InChI=1S/C12H16N2OS/c15-6-4-11(12-2-1-7-16-12)14-9-10-3-5-13-8-10/h1-3,5,7-8,11,13-15H,4,6,9H2. The van der Waals surface area contributed by atoms with Crippen LogP contribution in [0.1, 0.15) is 22.9 Å². The average molecular weight is 236 g/mol. The zero-order chi connectivity index (χ0) is 11.2. The van der Waals surface area contributed by atoms with Crippen LogP contribution in [0.3, 0.4) is 0 Å². The highest BCUT2D eigenvalue weighted by Crippen LogP contribution is 2.22. The van der Waals surface area contributed by atoms with Crippen molar-refractivity contribution in [1.29, 1.82) is 0 Å². The highest BCUT2D eigenvalue weighted by atomic mass is 32.1. The van der Waals surface area contributed by atoms with Crippen molar-refractivity contribution in [3.8, 4) is 0 Å². The molecule has 2 heterocycles. The molecule has 1 atom stereocenters. The van der Waals surface area contributed by atoms with Gasteiger partial charge in [-0.2, -0.15) is 0 Å². The van der Waals surface area contributed by atoms with Gasteiger partial charge in [0.05, 0.1) is 0 Å². The first-order valence-corrected chi connectivity index (χ1v) is 6.27. The molecule has 0 amide bonds. The fourth-order valence-electron chi connectivity index (χ4n) is 1.67. The van der Waals surface area contributed by atoms with Gasteiger partial charge in [-0.15, -0.1) is 11.3 Å². The van der Waals surface area contributed by atoms with Gasteiger partial charge in [0.15, 0.2) is 0 Å². The van der Waals surface area contributed by atoms with E-state index in [0.29, 0.717) is 0 Å². The molecule has 0 saturated heterocycles. The maximum Gasteiger partial charge on any atom is 0.0449 e. The maximum atomic E-state index is 9.05. The van der Waals surface area contributed by atoms with Crippen molar-refractivity contribution >= 4 is 11.3 Å². The minimum absolute atomic E-state index is 0.211. The number of aliphatic hydroxyl groups is 1. The number of rotatable bonds is 6. The van der Waals surface area contributed by atoms with Crippen molar-refractivity contribution < 1.29 is 5.11 Å². The van der Waals surface area contributed by atoms with E-state index in [2.05, 4.69) is 27.8 Å². The van der Waals surface area contributed by atoms with Gasteiger partial charge in [0.1, 0.15) is 0 Å². The summed E-state index contributed by atoms with van der Waals surface area (Å²) in [6.45, 7) is 1.04. The molecule has 2 aromatic heterocycles. The molecule has 2 rings (SSSR count). The predicted molar refractivity (Wildman–Crippen MR) is 66.4 cm³/mol. The van der Waals surface area contributed by atoms with Gasteiger partial charge in [-0.1, -0.05) is 6.07 Å². The van der Waals surface area contributed by atoms with Gasteiger partial charge in [0, 0.05) is 36.5 Å². The lowest BCUT2D eigenvalue weighted by atomic mass is 10.1. The van der Waals surface area contributed by atoms with Crippen molar-refractivity contribution in [2.24, 2.45) is 0 Å². The molecule has 4 heteroatoms. The Morgan fingerprint density at radius 2 is 2.38 bits per heavy atom. The van der Waals surface area contributed by atoms with Crippen LogP contribution in [0.15, 0.2) is 36.0 Å². The molecule has 0 bridgehead atoms. The van der Waals surface area contributed by atoms with Crippen LogP contribution in [-0.2, 0) is 6.54 Å². The van der Waals surface area contributed by atoms with Crippen molar-refractivity contribution in [2.75, 3.05) is 6.61 Å². The first-order valence-electron chi connectivity index (χ1n) is 5.39. The van der Waals surface area contributed by atoms with E-state index < -0.39 is 0 Å². The Morgan fingerprint density at radius 3 is 3.00 bits per heavy atom. The highest BCUT2D eigenvalue weighted by Gasteiger charge is 2.11. The van der Waals surface area contributed by atoms with E-state index in [4.69, 9.17) is 5.11 Å². The Labute approximate surface area is 99.1 Å². The van der Waals surface area contributed by atoms with Crippen LogP contribution < -0.4 is 5.32 Å². The van der Waals surface area contributed by atoms with E-state index in [9.17, 15) is 0 Å². The third-order valence-electron chi connectivity index (χ3n) is 2.52. The molecule has 0 saturated carbocycles. The Morgan fingerprint density at radius 1 is 1.44 bits per heavy atom. The third-order valence-corrected chi connectivity index (χ3v) is 3.51. The van der Waals surface area contributed by atoms with E-state index in [-0.39, 0.29) is 12.6 Å². The van der Waals surface area contributed by atoms with E-state index in [1.54, 1.807) is 11.3 Å². The summed E-state index contributed by atoms with van der Waals surface area (Å²) in [6, 6.07) is 6.45. The van der Waals surface area contributed by atoms with Gasteiger partial charge in [0.2, 0.25) is 0 Å². The Balaban J connectivity index is 1.93. The molecule has 3 nitrogen and oxygen atoms in total. The van der Waals surface area contributed by atoms with Gasteiger partial charge < -0.3 is 15.4 Å². The number of hydrogen-bond acceptors (Lipinski definition) is 3. The van der Waals surface area contributed by atoms with E-state index in [1.165, 1.54) is 10.4 Å². The summed E-state index contributed by atoms with van der Waals surface area (Å²) < 4.78 is 0. The van der Waals surface area contributed by atoms with Gasteiger partial charge in [-0.3, -0.25) is 0 Å². The van der Waals surface area contributed by atoms with Gasteiger partial charge in [-0.25, -0.2) is 0 Å². The summed E-state index contributed by atoms with van der Waals surface area (Å²) >= 11 is 1.73. The second-order valence-electron chi connectivity index (χ2n) is 3.68. The van der Waals surface area contributed by atoms with Crippen LogP contribution in [0.2, 0.25) is 0 Å². The van der Waals surface area contributed by atoms with Crippen LogP contribution in [0, 0.1) is 0 Å². The smallest absolute Gasteiger partial charge is 0.0449 e. The highest BCUT2D eigenvalue weighted by molar-refractivity contribution is 7.10. The normalized spacial score (nSPS) is 12.8. The van der Waals surface area contributed by atoms with E-state index in [1.807, 2.05) is 18.5 Å². The Kier molecular flexibility index (Phi) is 4.16. The molecule has 0 aliphatic carbocycles. The fourth-order valence-corrected chi connectivity index (χ4v) is 2.51. The molecule has 0 aliphatic heterocycles. The molecule has 86 valence electrons. The summed E-state index contributed by atoms with van der Waals surface area (Å²) in [5.41, 5.74) is 1.24. The first-order chi connectivity index (χ1) is 7.90. The number of thiophene rings is 1. The molecule has 0 aliphatic rings. The van der Waals surface area contributed by atoms with Crippen molar-refractivity contribution in [2.45, 2.75) is 19.0 Å². The molecule has 0 aromatic carbocycles. The quantitative estimate of drug-likeness (QED) is 0.720. The second-order valence-corrected chi connectivity index (χ2v) is 4.66. The number of nitrogens with one attached hydrogen (secondary N) is 2. The van der Waals surface area contributed by atoms with Gasteiger partial charge in [-0.05, 0) is 29.5 Å². The number of aromatic amines is 1. The largest absolute Gasteiger partial charge is 0.396 e. The van der Waals surface area contributed by atoms with Crippen molar-refractivity contribution in [3.05, 3.63) is 46.4 Å². The lowest BCUT2D eigenvalue weighted by Crippen LogP contribution is -2.20. The van der Waals surface area contributed by atoms with E-state index in [0.717, 1.165) is 13.0 Å². The van der Waals surface area contributed by atoms with E-state index >= 15 is 0 Å². The lowest BCUT2D eigenvalue weighted by molar-refractivity contribution is 0.266. The number of aromatic nitrogens is 1. The Hall–Kier alpha value is -1.10. The lowest BCUT2D eigenvalue weighted by Gasteiger charge is -2.15. The average Bonchev–Trinajstić information content (AvgIpc) is 2.96. The second kappa shape index (κ2) is 5.84. The topological polar surface area (TPSA) is 48.0 Å². The molecular formula is C12H16N2OS. The molecular weight excluding hydrogens is 220 g/mol. The number of H-pyrrole nitrogens is 1. The zero-order valence-corrected chi connectivity index (χ0v) is 9.83. The Bertz CT molecular complexity index is 383. The monoisotopic (exact) mass is 236 g/mol. The fraction of sp³-hybridized carbons (Fsp3) is 0.333.